The third-order valence-corrected chi connectivity index (χ3v) is 3.39. The smallest absolute Gasteiger partial charge is 0.105 e. The van der Waals surface area contributed by atoms with Gasteiger partial charge in [0.2, 0.25) is 0 Å². The summed E-state index contributed by atoms with van der Waals surface area (Å²) in [7, 11) is 0. The first-order chi connectivity index (χ1) is 8.72. The minimum absolute atomic E-state index is 0.0935. The standard InChI is InChI=1S/C16H21NO/c1-3-4-5-13-6-8-14(9-7-13)16(17)15-10-11-18-12(15)2/h6-11,16H,3-5,17H2,1-2H3. The van der Waals surface area contributed by atoms with Gasteiger partial charge in [-0.25, -0.2) is 0 Å². The van der Waals surface area contributed by atoms with Crippen molar-refractivity contribution < 1.29 is 4.42 Å². The van der Waals surface area contributed by atoms with Crippen molar-refractivity contribution in [3.05, 3.63) is 59.0 Å². The molecular formula is C16H21NO. The van der Waals surface area contributed by atoms with Crippen LogP contribution in [0, 0.1) is 6.92 Å². The molecule has 0 saturated carbocycles. The second-order valence-corrected chi connectivity index (χ2v) is 4.75. The number of aryl methyl sites for hydroxylation is 2. The molecule has 2 rings (SSSR count). The molecule has 2 heteroatoms. The SMILES string of the molecule is CCCCc1ccc(C(N)c2ccoc2C)cc1. The van der Waals surface area contributed by atoms with E-state index in [9.17, 15) is 0 Å². The Labute approximate surface area is 109 Å². The first-order valence-electron chi connectivity index (χ1n) is 6.60. The van der Waals surface area contributed by atoms with Crippen LogP contribution >= 0.6 is 0 Å². The Morgan fingerprint density at radius 1 is 1.17 bits per heavy atom. The number of furan rings is 1. The lowest BCUT2D eigenvalue weighted by Crippen LogP contribution is -2.12. The Kier molecular flexibility index (Phi) is 4.21. The van der Waals surface area contributed by atoms with Gasteiger partial charge in [0.15, 0.2) is 0 Å². The Morgan fingerprint density at radius 3 is 2.44 bits per heavy atom. The van der Waals surface area contributed by atoms with E-state index >= 15 is 0 Å². The minimum Gasteiger partial charge on any atom is -0.469 e. The third-order valence-electron chi connectivity index (χ3n) is 3.39. The molecule has 1 unspecified atom stereocenters. The van der Waals surface area contributed by atoms with Crippen molar-refractivity contribution in [2.24, 2.45) is 5.73 Å². The molecule has 96 valence electrons. The van der Waals surface area contributed by atoms with Crippen molar-refractivity contribution in [3.8, 4) is 0 Å². The van der Waals surface area contributed by atoms with Gasteiger partial charge >= 0.3 is 0 Å². The lowest BCUT2D eigenvalue weighted by Gasteiger charge is -2.12. The number of rotatable bonds is 5. The van der Waals surface area contributed by atoms with E-state index in [0.29, 0.717) is 0 Å². The van der Waals surface area contributed by atoms with Crippen molar-refractivity contribution >= 4 is 0 Å². The summed E-state index contributed by atoms with van der Waals surface area (Å²) in [4.78, 5) is 0. The average Bonchev–Trinajstić information content (AvgIpc) is 2.82. The second-order valence-electron chi connectivity index (χ2n) is 4.75. The van der Waals surface area contributed by atoms with E-state index in [-0.39, 0.29) is 6.04 Å². The Bertz CT molecular complexity index is 484. The summed E-state index contributed by atoms with van der Waals surface area (Å²) in [5.41, 5.74) is 9.84. The maximum atomic E-state index is 6.25. The van der Waals surface area contributed by atoms with Gasteiger partial charge in [0.1, 0.15) is 5.76 Å². The summed E-state index contributed by atoms with van der Waals surface area (Å²) in [5.74, 6) is 0.901. The van der Waals surface area contributed by atoms with E-state index < -0.39 is 0 Å². The number of unbranched alkanes of at least 4 members (excludes halogenated alkanes) is 1. The zero-order chi connectivity index (χ0) is 13.0. The molecule has 0 amide bonds. The summed E-state index contributed by atoms with van der Waals surface area (Å²) in [6.07, 6.45) is 5.32. The normalized spacial score (nSPS) is 12.6. The molecule has 2 N–H and O–H groups in total. The molecule has 0 bridgehead atoms. The van der Waals surface area contributed by atoms with E-state index in [0.717, 1.165) is 23.3 Å². The van der Waals surface area contributed by atoms with Crippen LogP contribution in [0.2, 0.25) is 0 Å². The third kappa shape index (κ3) is 2.82. The van der Waals surface area contributed by atoms with E-state index in [1.165, 1.54) is 18.4 Å². The highest BCUT2D eigenvalue weighted by molar-refractivity contribution is 5.34. The molecule has 1 aromatic carbocycles. The maximum absolute atomic E-state index is 6.25. The molecule has 0 aliphatic rings. The van der Waals surface area contributed by atoms with Crippen LogP contribution in [-0.2, 0) is 6.42 Å². The molecule has 0 aliphatic heterocycles. The molecule has 0 saturated heterocycles. The van der Waals surface area contributed by atoms with Gasteiger partial charge in [-0.15, -0.1) is 0 Å². The summed E-state index contributed by atoms with van der Waals surface area (Å²) < 4.78 is 5.30. The van der Waals surface area contributed by atoms with Crippen molar-refractivity contribution in [1.29, 1.82) is 0 Å². The van der Waals surface area contributed by atoms with Crippen LogP contribution < -0.4 is 5.73 Å². The fraction of sp³-hybridized carbons (Fsp3) is 0.375. The second kappa shape index (κ2) is 5.87. The van der Waals surface area contributed by atoms with Gasteiger partial charge in [-0.05, 0) is 37.0 Å². The molecule has 18 heavy (non-hydrogen) atoms. The summed E-state index contributed by atoms with van der Waals surface area (Å²) in [6, 6.07) is 10.5. The lowest BCUT2D eigenvalue weighted by atomic mass is 9.98. The van der Waals surface area contributed by atoms with Crippen LogP contribution in [-0.4, -0.2) is 0 Å². The predicted molar refractivity (Wildman–Crippen MR) is 74.5 cm³/mol. The monoisotopic (exact) mass is 243 g/mol. The van der Waals surface area contributed by atoms with Crippen molar-refractivity contribution in [1.82, 2.24) is 0 Å². The molecule has 0 fully saturated rings. The fourth-order valence-electron chi connectivity index (χ4n) is 2.17. The summed E-state index contributed by atoms with van der Waals surface area (Å²) >= 11 is 0. The first-order valence-corrected chi connectivity index (χ1v) is 6.60. The Balaban J connectivity index is 2.12. The fourth-order valence-corrected chi connectivity index (χ4v) is 2.17. The van der Waals surface area contributed by atoms with Crippen LogP contribution in [0.3, 0.4) is 0 Å². The van der Waals surface area contributed by atoms with E-state index in [4.69, 9.17) is 10.2 Å². The zero-order valence-electron chi connectivity index (χ0n) is 11.1. The molecule has 1 atom stereocenters. The zero-order valence-corrected chi connectivity index (χ0v) is 11.1. The molecular weight excluding hydrogens is 222 g/mol. The highest BCUT2D eigenvalue weighted by Gasteiger charge is 2.13. The van der Waals surface area contributed by atoms with Gasteiger partial charge in [0.05, 0.1) is 12.3 Å². The molecule has 2 nitrogen and oxygen atoms in total. The van der Waals surface area contributed by atoms with Crippen LogP contribution in [0.15, 0.2) is 41.0 Å². The number of benzene rings is 1. The molecule has 1 heterocycles. The van der Waals surface area contributed by atoms with E-state index in [1.807, 2.05) is 13.0 Å². The van der Waals surface area contributed by atoms with Crippen LogP contribution in [0.25, 0.3) is 0 Å². The van der Waals surface area contributed by atoms with E-state index in [2.05, 4.69) is 31.2 Å². The van der Waals surface area contributed by atoms with Crippen LogP contribution in [0.1, 0.15) is 48.3 Å². The van der Waals surface area contributed by atoms with Gasteiger partial charge in [-0.1, -0.05) is 37.6 Å². The van der Waals surface area contributed by atoms with Crippen LogP contribution in [0.4, 0.5) is 0 Å². The average molecular weight is 243 g/mol. The summed E-state index contributed by atoms with van der Waals surface area (Å²) in [5, 5.41) is 0. The number of hydrogen-bond acceptors (Lipinski definition) is 2. The molecule has 0 aliphatic carbocycles. The molecule has 2 aromatic rings. The van der Waals surface area contributed by atoms with Gasteiger partial charge in [0, 0.05) is 5.56 Å². The van der Waals surface area contributed by atoms with Gasteiger partial charge < -0.3 is 10.2 Å². The van der Waals surface area contributed by atoms with Crippen molar-refractivity contribution in [2.45, 2.75) is 39.2 Å². The Hall–Kier alpha value is -1.54. The Morgan fingerprint density at radius 2 is 1.89 bits per heavy atom. The number of hydrogen-bond donors (Lipinski definition) is 1. The lowest BCUT2D eigenvalue weighted by molar-refractivity contribution is 0.527. The maximum Gasteiger partial charge on any atom is 0.105 e. The summed E-state index contributed by atoms with van der Waals surface area (Å²) in [6.45, 7) is 4.16. The van der Waals surface area contributed by atoms with Gasteiger partial charge in [-0.2, -0.15) is 0 Å². The van der Waals surface area contributed by atoms with Crippen molar-refractivity contribution in [2.75, 3.05) is 0 Å². The molecule has 0 radical (unpaired) electrons. The van der Waals surface area contributed by atoms with Crippen molar-refractivity contribution in [3.63, 3.8) is 0 Å². The predicted octanol–water partition coefficient (Wildman–Crippen LogP) is 3.98. The van der Waals surface area contributed by atoms with Gasteiger partial charge in [-0.3, -0.25) is 0 Å². The highest BCUT2D eigenvalue weighted by atomic mass is 16.3. The largest absolute Gasteiger partial charge is 0.469 e. The first kappa shape index (κ1) is 12.9. The van der Waals surface area contributed by atoms with Crippen LogP contribution in [0.5, 0.6) is 0 Å². The number of nitrogens with two attached hydrogens (primary N) is 1. The minimum atomic E-state index is -0.0935. The topological polar surface area (TPSA) is 39.2 Å². The van der Waals surface area contributed by atoms with E-state index in [1.54, 1.807) is 6.26 Å². The molecule has 0 spiro atoms. The highest BCUT2D eigenvalue weighted by Crippen LogP contribution is 2.23. The molecule has 1 aromatic heterocycles. The van der Waals surface area contributed by atoms with Gasteiger partial charge in [0.25, 0.3) is 0 Å². The quantitative estimate of drug-likeness (QED) is 0.862.